The quantitative estimate of drug-likeness (QED) is 0.747. The van der Waals surface area contributed by atoms with Gasteiger partial charge in [0.1, 0.15) is 5.60 Å². The Bertz CT molecular complexity index is 444. The van der Waals surface area contributed by atoms with Gasteiger partial charge in [0.2, 0.25) is 0 Å². The zero-order valence-corrected chi connectivity index (χ0v) is 14.2. The summed E-state index contributed by atoms with van der Waals surface area (Å²) >= 11 is 0. The summed E-state index contributed by atoms with van der Waals surface area (Å²) in [6.45, 7) is 11.1. The Labute approximate surface area is 132 Å². The van der Waals surface area contributed by atoms with Crippen molar-refractivity contribution >= 4 is 12.1 Å². The van der Waals surface area contributed by atoms with E-state index in [-0.39, 0.29) is 24.1 Å². The lowest BCUT2D eigenvalue weighted by molar-refractivity contribution is -0.151. The van der Waals surface area contributed by atoms with E-state index in [0.29, 0.717) is 26.3 Å². The minimum atomic E-state index is -0.510. The maximum absolute atomic E-state index is 12.2. The van der Waals surface area contributed by atoms with Gasteiger partial charge in [0.25, 0.3) is 0 Å². The first kappa shape index (κ1) is 17.1. The van der Waals surface area contributed by atoms with E-state index in [0.717, 1.165) is 6.42 Å². The molecule has 0 N–H and O–H groups in total. The second kappa shape index (κ2) is 6.07. The summed E-state index contributed by atoms with van der Waals surface area (Å²) in [4.78, 5) is 25.8. The van der Waals surface area contributed by atoms with Gasteiger partial charge in [-0.1, -0.05) is 0 Å². The van der Waals surface area contributed by atoms with E-state index in [2.05, 4.69) is 0 Å². The lowest BCUT2D eigenvalue weighted by atomic mass is 10.0. The lowest BCUT2D eigenvalue weighted by Gasteiger charge is -2.35. The van der Waals surface area contributed by atoms with Gasteiger partial charge in [-0.15, -0.1) is 0 Å². The number of carbonyl (C=O) groups is 2. The van der Waals surface area contributed by atoms with Gasteiger partial charge in [-0.2, -0.15) is 0 Å². The molecule has 0 aromatic rings. The van der Waals surface area contributed by atoms with Crippen LogP contribution in [0.5, 0.6) is 0 Å². The number of esters is 1. The van der Waals surface area contributed by atoms with Crippen LogP contribution >= 0.6 is 0 Å². The fraction of sp³-hybridized carbons (Fsp3) is 0.875. The van der Waals surface area contributed by atoms with Gasteiger partial charge in [0, 0.05) is 12.5 Å². The smallest absolute Gasteiger partial charge is 0.410 e. The average molecular weight is 313 g/mol. The Morgan fingerprint density at radius 3 is 2.64 bits per heavy atom. The van der Waals surface area contributed by atoms with Gasteiger partial charge in [0.05, 0.1) is 31.3 Å². The van der Waals surface area contributed by atoms with Crippen LogP contribution in [0.2, 0.25) is 0 Å². The Morgan fingerprint density at radius 2 is 2.05 bits per heavy atom. The van der Waals surface area contributed by atoms with Crippen LogP contribution in [0.15, 0.2) is 0 Å². The third-order valence-electron chi connectivity index (χ3n) is 4.24. The second-order valence-corrected chi connectivity index (χ2v) is 7.28. The third kappa shape index (κ3) is 3.72. The molecule has 6 nitrogen and oxygen atoms in total. The minimum absolute atomic E-state index is 0.108. The molecule has 1 amide bonds. The second-order valence-electron chi connectivity index (χ2n) is 7.28. The Kier molecular flexibility index (Phi) is 4.70. The van der Waals surface area contributed by atoms with E-state index in [1.807, 2.05) is 27.7 Å². The molecule has 3 atom stereocenters. The highest BCUT2D eigenvalue weighted by atomic mass is 16.6. The van der Waals surface area contributed by atoms with Crippen molar-refractivity contribution < 1.29 is 23.8 Å². The van der Waals surface area contributed by atoms with Crippen molar-refractivity contribution in [1.82, 2.24) is 4.90 Å². The number of hydrogen-bond donors (Lipinski definition) is 0. The molecular weight excluding hydrogens is 286 g/mol. The predicted octanol–water partition coefficient (Wildman–Crippen LogP) is 2.21. The fourth-order valence-electron chi connectivity index (χ4n) is 2.88. The summed E-state index contributed by atoms with van der Waals surface area (Å²) in [5, 5.41) is 0. The number of ether oxygens (including phenoxy) is 3. The van der Waals surface area contributed by atoms with Crippen LogP contribution < -0.4 is 0 Å². The molecule has 1 saturated carbocycles. The third-order valence-corrected chi connectivity index (χ3v) is 4.24. The van der Waals surface area contributed by atoms with E-state index in [9.17, 15) is 9.59 Å². The predicted molar refractivity (Wildman–Crippen MR) is 80.4 cm³/mol. The number of nitrogens with zero attached hydrogens (tertiary/aromatic N) is 1. The van der Waals surface area contributed by atoms with Gasteiger partial charge in [-0.3, -0.25) is 4.79 Å². The van der Waals surface area contributed by atoms with Crippen molar-refractivity contribution in [1.29, 1.82) is 0 Å². The van der Waals surface area contributed by atoms with Gasteiger partial charge in [-0.25, -0.2) is 4.79 Å². The molecule has 0 spiro atoms. The zero-order chi connectivity index (χ0) is 16.5. The summed E-state index contributed by atoms with van der Waals surface area (Å²) in [6.07, 6.45) is 0.300. The van der Waals surface area contributed by atoms with Crippen molar-refractivity contribution in [3.63, 3.8) is 0 Å². The van der Waals surface area contributed by atoms with E-state index < -0.39 is 11.0 Å². The van der Waals surface area contributed by atoms with E-state index in [1.54, 1.807) is 11.8 Å². The number of amides is 1. The summed E-state index contributed by atoms with van der Waals surface area (Å²) in [5.74, 6) is -0.0604. The maximum atomic E-state index is 12.2. The molecule has 1 aliphatic heterocycles. The summed E-state index contributed by atoms with van der Waals surface area (Å²) < 4.78 is 16.3. The standard InChI is InChI=1S/C16H27NO5/c1-6-20-13(18)16(5)9-11(16)12-10-17(7-8-21-12)14(19)22-15(2,3)4/h11-12H,6-10H2,1-5H3/t11?,12-,16?/m1/s1. The van der Waals surface area contributed by atoms with E-state index >= 15 is 0 Å². The van der Waals surface area contributed by atoms with E-state index in [4.69, 9.17) is 14.2 Å². The Balaban J connectivity index is 1.92. The fourth-order valence-corrected chi connectivity index (χ4v) is 2.88. The monoisotopic (exact) mass is 313 g/mol. The lowest BCUT2D eigenvalue weighted by Crippen LogP contribution is -2.48. The molecule has 1 saturated heterocycles. The molecule has 2 unspecified atom stereocenters. The van der Waals surface area contributed by atoms with Gasteiger partial charge >= 0.3 is 12.1 Å². The summed E-state index contributed by atoms with van der Waals surface area (Å²) in [6, 6.07) is 0. The minimum Gasteiger partial charge on any atom is -0.466 e. The first-order valence-electron chi connectivity index (χ1n) is 7.94. The number of carbonyl (C=O) groups excluding carboxylic acids is 2. The molecule has 126 valence electrons. The van der Waals surface area contributed by atoms with Gasteiger partial charge < -0.3 is 19.1 Å². The molecule has 0 aromatic heterocycles. The average Bonchev–Trinajstić information content (AvgIpc) is 3.11. The first-order valence-corrected chi connectivity index (χ1v) is 7.94. The van der Waals surface area contributed by atoms with Gasteiger partial charge in [0.15, 0.2) is 0 Å². The molecule has 0 bridgehead atoms. The number of hydrogen-bond acceptors (Lipinski definition) is 5. The maximum Gasteiger partial charge on any atom is 0.410 e. The van der Waals surface area contributed by atoms with Crippen molar-refractivity contribution in [2.24, 2.45) is 11.3 Å². The SMILES string of the molecule is CCOC(=O)C1(C)CC1[C@H]1CN(C(=O)OC(C)(C)C)CCO1. The highest BCUT2D eigenvalue weighted by Crippen LogP contribution is 2.56. The van der Waals surface area contributed by atoms with Crippen molar-refractivity contribution in [2.75, 3.05) is 26.3 Å². The molecule has 0 aromatic carbocycles. The highest BCUT2D eigenvalue weighted by Gasteiger charge is 2.61. The van der Waals surface area contributed by atoms with Crippen LogP contribution in [0.3, 0.4) is 0 Å². The number of morpholine rings is 1. The van der Waals surface area contributed by atoms with Crippen LogP contribution in [-0.4, -0.2) is 55.0 Å². The zero-order valence-electron chi connectivity index (χ0n) is 14.2. The molecule has 0 radical (unpaired) electrons. The molecule has 2 aliphatic rings. The highest BCUT2D eigenvalue weighted by molar-refractivity contribution is 5.80. The van der Waals surface area contributed by atoms with Crippen LogP contribution in [0.1, 0.15) is 41.0 Å². The van der Waals surface area contributed by atoms with Crippen LogP contribution in [0.4, 0.5) is 4.79 Å². The van der Waals surface area contributed by atoms with Crippen LogP contribution in [0.25, 0.3) is 0 Å². The molecule has 22 heavy (non-hydrogen) atoms. The molecule has 2 fully saturated rings. The van der Waals surface area contributed by atoms with Crippen LogP contribution in [0, 0.1) is 11.3 Å². The molecule has 6 heteroatoms. The summed E-state index contributed by atoms with van der Waals surface area (Å²) in [5.41, 5.74) is -0.985. The molecule has 2 rings (SSSR count). The molecular formula is C16H27NO5. The van der Waals surface area contributed by atoms with Gasteiger partial charge in [-0.05, 0) is 41.0 Å². The Hall–Kier alpha value is -1.30. The van der Waals surface area contributed by atoms with Crippen molar-refractivity contribution in [2.45, 2.75) is 52.7 Å². The van der Waals surface area contributed by atoms with Crippen LogP contribution in [-0.2, 0) is 19.0 Å². The van der Waals surface area contributed by atoms with Crippen molar-refractivity contribution in [3.8, 4) is 0 Å². The largest absolute Gasteiger partial charge is 0.466 e. The molecule has 1 aliphatic carbocycles. The van der Waals surface area contributed by atoms with E-state index in [1.165, 1.54) is 0 Å². The summed E-state index contributed by atoms with van der Waals surface area (Å²) in [7, 11) is 0. The number of rotatable bonds is 3. The molecule has 1 heterocycles. The van der Waals surface area contributed by atoms with Crippen molar-refractivity contribution in [3.05, 3.63) is 0 Å². The Morgan fingerprint density at radius 1 is 1.36 bits per heavy atom. The topological polar surface area (TPSA) is 65.1 Å². The normalized spacial score (nSPS) is 31.6. The first-order chi connectivity index (χ1) is 10.2.